The van der Waals surface area contributed by atoms with Crippen LogP contribution >= 0.6 is 12.2 Å². The van der Waals surface area contributed by atoms with Gasteiger partial charge in [0, 0.05) is 5.56 Å². The fraction of sp³-hybridized carbons (Fsp3) is 0.500. The number of carbonyl (C=O) groups is 1. The SMILES string of the molecule is COc1cc(C(=O)NC2(C(N)=S)CCCCC2)ccc1C. The normalized spacial score (nSPS) is 17.0. The molecule has 21 heavy (non-hydrogen) atoms. The van der Waals surface area contributed by atoms with E-state index in [1.807, 2.05) is 13.0 Å². The Labute approximate surface area is 131 Å². The number of aryl methyl sites for hydroxylation is 1. The van der Waals surface area contributed by atoms with Crippen LogP contribution in [0, 0.1) is 6.92 Å². The van der Waals surface area contributed by atoms with E-state index in [2.05, 4.69) is 5.32 Å². The summed E-state index contributed by atoms with van der Waals surface area (Å²) in [6.07, 6.45) is 4.87. The Morgan fingerprint density at radius 1 is 1.33 bits per heavy atom. The van der Waals surface area contributed by atoms with Gasteiger partial charge in [0.1, 0.15) is 5.75 Å². The molecule has 114 valence electrons. The van der Waals surface area contributed by atoms with Gasteiger partial charge in [0.05, 0.1) is 17.6 Å². The Balaban J connectivity index is 2.21. The second-order valence-corrected chi connectivity index (χ2v) is 6.09. The number of nitrogens with two attached hydrogens (primary N) is 1. The molecule has 0 saturated heterocycles. The van der Waals surface area contributed by atoms with E-state index >= 15 is 0 Å². The van der Waals surface area contributed by atoms with E-state index in [1.165, 1.54) is 6.42 Å². The topological polar surface area (TPSA) is 64.3 Å². The van der Waals surface area contributed by atoms with Crippen molar-refractivity contribution in [2.24, 2.45) is 5.73 Å². The average molecular weight is 306 g/mol. The summed E-state index contributed by atoms with van der Waals surface area (Å²) in [6, 6.07) is 5.42. The summed E-state index contributed by atoms with van der Waals surface area (Å²) in [5, 5.41) is 3.06. The maximum absolute atomic E-state index is 12.5. The zero-order valence-electron chi connectivity index (χ0n) is 12.6. The van der Waals surface area contributed by atoms with E-state index in [0.29, 0.717) is 16.3 Å². The molecule has 1 fully saturated rings. The Morgan fingerprint density at radius 2 is 2.00 bits per heavy atom. The Morgan fingerprint density at radius 3 is 2.57 bits per heavy atom. The van der Waals surface area contributed by atoms with Crippen molar-refractivity contribution in [3.05, 3.63) is 29.3 Å². The van der Waals surface area contributed by atoms with Crippen LogP contribution in [0.25, 0.3) is 0 Å². The maximum atomic E-state index is 12.5. The molecule has 0 bridgehead atoms. The number of benzene rings is 1. The van der Waals surface area contributed by atoms with Gasteiger partial charge < -0.3 is 15.8 Å². The van der Waals surface area contributed by atoms with Gasteiger partial charge in [0.2, 0.25) is 0 Å². The number of carbonyl (C=O) groups excluding carboxylic acids is 1. The molecule has 5 heteroatoms. The molecule has 0 atom stereocenters. The molecule has 1 aliphatic carbocycles. The van der Waals surface area contributed by atoms with Crippen molar-refractivity contribution in [3.8, 4) is 5.75 Å². The monoisotopic (exact) mass is 306 g/mol. The molecule has 2 rings (SSSR count). The number of thiocarbonyl (C=S) groups is 1. The maximum Gasteiger partial charge on any atom is 0.252 e. The minimum absolute atomic E-state index is 0.150. The molecule has 1 amide bonds. The summed E-state index contributed by atoms with van der Waals surface area (Å²) in [6.45, 7) is 1.94. The minimum atomic E-state index is -0.539. The highest BCUT2D eigenvalue weighted by Gasteiger charge is 2.36. The predicted octanol–water partition coefficient (Wildman–Crippen LogP) is 2.72. The van der Waals surface area contributed by atoms with Gasteiger partial charge >= 0.3 is 0 Å². The lowest BCUT2D eigenvalue weighted by Crippen LogP contribution is -2.57. The quantitative estimate of drug-likeness (QED) is 0.840. The lowest BCUT2D eigenvalue weighted by Gasteiger charge is -2.37. The third kappa shape index (κ3) is 3.35. The smallest absolute Gasteiger partial charge is 0.252 e. The average Bonchev–Trinajstić information content (AvgIpc) is 2.48. The largest absolute Gasteiger partial charge is 0.496 e. The van der Waals surface area contributed by atoms with E-state index in [-0.39, 0.29) is 5.91 Å². The zero-order chi connectivity index (χ0) is 15.5. The predicted molar refractivity (Wildman–Crippen MR) is 87.8 cm³/mol. The van der Waals surface area contributed by atoms with Crippen molar-refractivity contribution < 1.29 is 9.53 Å². The van der Waals surface area contributed by atoms with Gasteiger partial charge in [0.25, 0.3) is 5.91 Å². The highest BCUT2D eigenvalue weighted by atomic mass is 32.1. The highest BCUT2D eigenvalue weighted by Crippen LogP contribution is 2.29. The molecule has 0 spiro atoms. The Hall–Kier alpha value is -1.62. The van der Waals surface area contributed by atoms with Crippen LogP contribution in [0.4, 0.5) is 0 Å². The molecule has 0 aromatic heterocycles. The number of methoxy groups -OCH3 is 1. The van der Waals surface area contributed by atoms with Gasteiger partial charge in [0.15, 0.2) is 0 Å². The summed E-state index contributed by atoms with van der Waals surface area (Å²) in [7, 11) is 1.60. The number of ether oxygens (including phenoxy) is 1. The number of hydrogen-bond donors (Lipinski definition) is 2. The second kappa shape index (κ2) is 6.43. The Bertz CT molecular complexity index is 551. The molecule has 1 aromatic rings. The number of nitrogens with one attached hydrogen (secondary N) is 1. The summed E-state index contributed by atoms with van der Waals surface area (Å²) in [5.74, 6) is 0.554. The van der Waals surface area contributed by atoms with Crippen molar-refractivity contribution in [3.63, 3.8) is 0 Å². The van der Waals surface area contributed by atoms with Crippen LogP contribution in [-0.2, 0) is 0 Å². The first kappa shape index (κ1) is 15.8. The lowest BCUT2D eigenvalue weighted by atomic mass is 9.81. The summed E-state index contributed by atoms with van der Waals surface area (Å²) >= 11 is 5.20. The van der Waals surface area contributed by atoms with Crippen LogP contribution in [0.2, 0.25) is 0 Å². The molecule has 3 N–H and O–H groups in total. The van der Waals surface area contributed by atoms with Gasteiger partial charge in [-0.15, -0.1) is 0 Å². The standard InChI is InChI=1S/C16H22N2O2S/c1-11-6-7-12(10-13(11)20-2)14(19)18-16(15(17)21)8-4-3-5-9-16/h6-7,10H,3-5,8-9H2,1-2H3,(H2,17,21)(H,18,19). The summed E-state index contributed by atoms with van der Waals surface area (Å²) in [5.41, 5.74) is 6.93. The van der Waals surface area contributed by atoms with Crippen LogP contribution in [0.5, 0.6) is 5.75 Å². The van der Waals surface area contributed by atoms with Gasteiger partial charge in [-0.2, -0.15) is 0 Å². The fourth-order valence-electron chi connectivity index (χ4n) is 2.84. The first-order chi connectivity index (χ1) is 9.98. The van der Waals surface area contributed by atoms with E-state index < -0.39 is 5.54 Å². The van der Waals surface area contributed by atoms with Gasteiger partial charge in [-0.3, -0.25) is 4.79 Å². The van der Waals surface area contributed by atoms with Crippen molar-refractivity contribution >= 4 is 23.1 Å². The molecule has 1 saturated carbocycles. The van der Waals surface area contributed by atoms with E-state index in [1.54, 1.807) is 19.2 Å². The molecular weight excluding hydrogens is 284 g/mol. The number of amides is 1. The van der Waals surface area contributed by atoms with E-state index in [9.17, 15) is 4.79 Å². The molecule has 0 aliphatic heterocycles. The first-order valence-corrected chi connectivity index (χ1v) is 7.66. The second-order valence-electron chi connectivity index (χ2n) is 5.65. The van der Waals surface area contributed by atoms with Crippen molar-refractivity contribution in [1.29, 1.82) is 0 Å². The van der Waals surface area contributed by atoms with Gasteiger partial charge in [-0.1, -0.05) is 37.5 Å². The van der Waals surface area contributed by atoms with Crippen LogP contribution in [0.1, 0.15) is 48.0 Å². The van der Waals surface area contributed by atoms with E-state index in [0.717, 1.165) is 31.2 Å². The third-order valence-corrected chi connectivity index (χ3v) is 4.59. The summed E-state index contributed by atoms with van der Waals surface area (Å²) < 4.78 is 5.27. The zero-order valence-corrected chi connectivity index (χ0v) is 13.4. The van der Waals surface area contributed by atoms with Crippen LogP contribution < -0.4 is 15.8 Å². The van der Waals surface area contributed by atoms with Crippen molar-refractivity contribution in [2.75, 3.05) is 7.11 Å². The van der Waals surface area contributed by atoms with Crippen LogP contribution in [0.3, 0.4) is 0 Å². The summed E-state index contributed by atoms with van der Waals surface area (Å²) in [4.78, 5) is 12.9. The van der Waals surface area contributed by atoms with Crippen molar-refractivity contribution in [2.45, 2.75) is 44.6 Å². The van der Waals surface area contributed by atoms with Crippen molar-refractivity contribution in [1.82, 2.24) is 5.32 Å². The molecule has 1 aliphatic rings. The van der Waals surface area contributed by atoms with Gasteiger partial charge in [-0.05, 0) is 37.5 Å². The molecule has 0 unspecified atom stereocenters. The lowest BCUT2D eigenvalue weighted by molar-refractivity contribution is 0.0908. The van der Waals surface area contributed by atoms with E-state index in [4.69, 9.17) is 22.7 Å². The third-order valence-electron chi connectivity index (χ3n) is 4.20. The molecular formula is C16H22N2O2S. The Kier molecular flexibility index (Phi) is 4.83. The molecule has 4 nitrogen and oxygen atoms in total. The number of hydrogen-bond acceptors (Lipinski definition) is 3. The molecule has 1 aromatic carbocycles. The molecule has 0 radical (unpaired) electrons. The minimum Gasteiger partial charge on any atom is -0.496 e. The van der Waals surface area contributed by atoms with Crippen LogP contribution in [0.15, 0.2) is 18.2 Å². The number of rotatable bonds is 4. The molecule has 0 heterocycles. The highest BCUT2D eigenvalue weighted by molar-refractivity contribution is 7.80. The fourth-order valence-corrected chi connectivity index (χ4v) is 3.09. The first-order valence-electron chi connectivity index (χ1n) is 7.25. The van der Waals surface area contributed by atoms with Gasteiger partial charge in [-0.25, -0.2) is 0 Å². The van der Waals surface area contributed by atoms with Crippen LogP contribution in [-0.4, -0.2) is 23.5 Å².